The van der Waals surface area contributed by atoms with Gasteiger partial charge in [0.05, 0.1) is 16.7 Å². The Balaban J connectivity index is 1.82. The summed E-state index contributed by atoms with van der Waals surface area (Å²) in [7, 11) is 0. The van der Waals surface area contributed by atoms with Gasteiger partial charge < -0.3 is 5.73 Å². The van der Waals surface area contributed by atoms with Gasteiger partial charge in [-0.15, -0.1) is 0 Å². The van der Waals surface area contributed by atoms with E-state index < -0.39 is 0 Å². The van der Waals surface area contributed by atoms with E-state index in [1.807, 2.05) is 0 Å². The van der Waals surface area contributed by atoms with E-state index in [0.29, 0.717) is 11.0 Å². The van der Waals surface area contributed by atoms with Crippen molar-refractivity contribution < 1.29 is 0 Å². The van der Waals surface area contributed by atoms with E-state index in [4.69, 9.17) is 23.1 Å². The third-order valence-corrected chi connectivity index (χ3v) is 4.34. The summed E-state index contributed by atoms with van der Waals surface area (Å²) in [6.07, 6.45) is 4.39. The van der Waals surface area contributed by atoms with Crippen LogP contribution in [0.4, 0.5) is 0 Å². The number of hydrogen-bond acceptors (Lipinski definition) is 4. The van der Waals surface area contributed by atoms with Gasteiger partial charge in [-0.3, -0.25) is 14.5 Å². The summed E-state index contributed by atoms with van der Waals surface area (Å²) in [5.41, 5.74) is 6.77. The zero-order valence-corrected chi connectivity index (χ0v) is 14.0. The van der Waals surface area contributed by atoms with Crippen molar-refractivity contribution in [1.82, 2.24) is 19.6 Å². The second-order valence-corrected chi connectivity index (χ2v) is 6.30. The van der Waals surface area contributed by atoms with Gasteiger partial charge in [0, 0.05) is 45.5 Å². The highest BCUT2D eigenvalue weighted by molar-refractivity contribution is 7.80. The Labute approximate surface area is 133 Å². The SMILES string of the molecule is CCC(CC)n1ccc(CN2CCN(CC(N)=S)CC2)n1. The first-order chi connectivity index (χ1) is 10.1. The van der Waals surface area contributed by atoms with Gasteiger partial charge in [0.25, 0.3) is 0 Å². The molecule has 0 aromatic carbocycles. The average Bonchev–Trinajstić information content (AvgIpc) is 2.90. The van der Waals surface area contributed by atoms with E-state index in [1.54, 1.807) is 0 Å². The topological polar surface area (TPSA) is 50.3 Å². The van der Waals surface area contributed by atoms with Crippen LogP contribution in [-0.2, 0) is 6.54 Å². The molecule has 0 spiro atoms. The highest BCUT2D eigenvalue weighted by Gasteiger charge is 2.18. The third kappa shape index (κ3) is 4.76. The third-order valence-electron chi connectivity index (χ3n) is 4.21. The molecule has 5 nitrogen and oxygen atoms in total. The molecule has 21 heavy (non-hydrogen) atoms. The van der Waals surface area contributed by atoms with Crippen molar-refractivity contribution in [3.8, 4) is 0 Å². The molecule has 0 unspecified atom stereocenters. The summed E-state index contributed by atoms with van der Waals surface area (Å²) in [5.74, 6) is 0. The van der Waals surface area contributed by atoms with Gasteiger partial charge in [-0.2, -0.15) is 5.10 Å². The Morgan fingerprint density at radius 2 is 1.86 bits per heavy atom. The van der Waals surface area contributed by atoms with Crippen LogP contribution in [0.25, 0.3) is 0 Å². The smallest absolute Gasteiger partial charge is 0.0870 e. The maximum absolute atomic E-state index is 5.60. The summed E-state index contributed by atoms with van der Waals surface area (Å²) < 4.78 is 2.12. The lowest BCUT2D eigenvalue weighted by molar-refractivity contribution is 0.138. The van der Waals surface area contributed by atoms with E-state index in [0.717, 1.165) is 52.1 Å². The van der Waals surface area contributed by atoms with Crippen molar-refractivity contribution in [2.45, 2.75) is 39.3 Å². The van der Waals surface area contributed by atoms with Crippen LogP contribution in [0.2, 0.25) is 0 Å². The molecule has 1 aliphatic heterocycles. The van der Waals surface area contributed by atoms with Crippen molar-refractivity contribution in [2.75, 3.05) is 32.7 Å². The van der Waals surface area contributed by atoms with Crippen molar-refractivity contribution >= 4 is 17.2 Å². The number of rotatable bonds is 7. The highest BCUT2D eigenvalue weighted by Crippen LogP contribution is 2.15. The van der Waals surface area contributed by atoms with Crippen LogP contribution in [0, 0.1) is 0 Å². The Kier molecular flexibility index (Phi) is 6.14. The van der Waals surface area contributed by atoms with Crippen LogP contribution in [0.5, 0.6) is 0 Å². The Bertz CT molecular complexity index is 447. The average molecular weight is 309 g/mol. The summed E-state index contributed by atoms with van der Waals surface area (Å²) in [4.78, 5) is 5.37. The molecule has 0 bridgehead atoms. The molecule has 1 fully saturated rings. The molecular weight excluding hydrogens is 282 g/mol. The second kappa shape index (κ2) is 7.87. The van der Waals surface area contributed by atoms with Gasteiger partial charge in [-0.25, -0.2) is 0 Å². The van der Waals surface area contributed by atoms with E-state index in [1.165, 1.54) is 5.69 Å². The molecule has 0 amide bonds. The number of thiocarbonyl (C=S) groups is 1. The van der Waals surface area contributed by atoms with Gasteiger partial charge in [0.15, 0.2) is 0 Å². The van der Waals surface area contributed by atoms with Gasteiger partial charge in [0.1, 0.15) is 0 Å². The molecule has 0 saturated carbocycles. The lowest BCUT2D eigenvalue weighted by atomic mass is 10.2. The number of nitrogens with two attached hydrogens (primary N) is 1. The Hall–Kier alpha value is -0.980. The zero-order valence-electron chi connectivity index (χ0n) is 13.2. The van der Waals surface area contributed by atoms with Gasteiger partial charge in [-0.1, -0.05) is 26.1 Å². The molecule has 0 aliphatic carbocycles. The van der Waals surface area contributed by atoms with E-state index >= 15 is 0 Å². The molecule has 0 radical (unpaired) electrons. The van der Waals surface area contributed by atoms with Crippen LogP contribution in [-0.4, -0.2) is 57.3 Å². The molecule has 2 N–H and O–H groups in total. The van der Waals surface area contributed by atoms with E-state index in [2.05, 4.69) is 40.6 Å². The van der Waals surface area contributed by atoms with E-state index in [-0.39, 0.29) is 0 Å². The lowest BCUT2D eigenvalue weighted by Gasteiger charge is -2.33. The second-order valence-electron chi connectivity index (χ2n) is 5.78. The summed E-state index contributed by atoms with van der Waals surface area (Å²) in [5, 5.41) is 4.73. The Morgan fingerprint density at radius 3 is 2.43 bits per heavy atom. The monoisotopic (exact) mass is 309 g/mol. The summed E-state index contributed by atoms with van der Waals surface area (Å²) in [6.45, 7) is 10.3. The molecular formula is C15H27N5S. The molecule has 1 saturated heterocycles. The van der Waals surface area contributed by atoms with Crippen LogP contribution in [0.3, 0.4) is 0 Å². The van der Waals surface area contributed by atoms with Crippen molar-refractivity contribution in [3.63, 3.8) is 0 Å². The highest BCUT2D eigenvalue weighted by atomic mass is 32.1. The van der Waals surface area contributed by atoms with Gasteiger partial charge >= 0.3 is 0 Å². The first kappa shape index (κ1) is 16.4. The standard InChI is InChI=1S/C15H27N5S/c1-3-14(4-2)20-6-5-13(17-20)11-18-7-9-19(10-8-18)12-15(16)21/h5-6,14H,3-4,7-12H2,1-2H3,(H2,16,21). The van der Waals surface area contributed by atoms with E-state index in [9.17, 15) is 0 Å². The minimum atomic E-state index is 0.529. The maximum Gasteiger partial charge on any atom is 0.0870 e. The summed E-state index contributed by atoms with van der Waals surface area (Å²) >= 11 is 4.97. The summed E-state index contributed by atoms with van der Waals surface area (Å²) in [6, 6.07) is 2.68. The Morgan fingerprint density at radius 1 is 1.24 bits per heavy atom. The maximum atomic E-state index is 5.60. The van der Waals surface area contributed by atoms with Gasteiger partial charge in [0.2, 0.25) is 0 Å². The number of nitrogens with zero attached hydrogens (tertiary/aromatic N) is 4. The number of aromatic nitrogens is 2. The van der Waals surface area contributed by atoms with Crippen LogP contribution in [0.15, 0.2) is 12.3 Å². The minimum absolute atomic E-state index is 0.529. The van der Waals surface area contributed by atoms with Crippen LogP contribution in [0.1, 0.15) is 38.4 Å². The van der Waals surface area contributed by atoms with Crippen molar-refractivity contribution in [3.05, 3.63) is 18.0 Å². The van der Waals surface area contributed by atoms with Crippen molar-refractivity contribution in [2.24, 2.45) is 5.73 Å². The molecule has 6 heteroatoms. The first-order valence-electron chi connectivity index (χ1n) is 7.89. The fourth-order valence-corrected chi connectivity index (χ4v) is 3.07. The zero-order chi connectivity index (χ0) is 15.2. The predicted molar refractivity (Wildman–Crippen MR) is 90.3 cm³/mol. The quantitative estimate of drug-likeness (QED) is 0.776. The number of hydrogen-bond donors (Lipinski definition) is 1. The fourth-order valence-electron chi connectivity index (χ4n) is 2.88. The van der Waals surface area contributed by atoms with Crippen molar-refractivity contribution in [1.29, 1.82) is 0 Å². The molecule has 2 heterocycles. The fraction of sp³-hybridized carbons (Fsp3) is 0.733. The molecule has 118 valence electrons. The molecule has 1 aliphatic rings. The lowest BCUT2D eigenvalue weighted by Crippen LogP contribution is -2.48. The normalized spacial score (nSPS) is 17.5. The molecule has 0 atom stereocenters. The van der Waals surface area contributed by atoms with Crippen LogP contribution < -0.4 is 5.73 Å². The molecule has 2 rings (SSSR count). The largest absolute Gasteiger partial charge is 0.392 e. The van der Waals surface area contributed by atoms with Gasteiger partial charge in [-0.05, 0) is 18.9 Å². The molecule has 1 aromatic heterocycles. The first-order valence-corrected chi connectivity index (χ1v) is 8.30. The predicted octanol–water partition coefficient (Wildman–Crippen LogP) is 1.65. The molecule has 1 aromatic rings. The number of piperazine rings is 1. The van der Waals surface area contributed by atoms with Crippen LogP contribution >= 0.6 is 12.2 Å². The minimum Gasteiger partial charge on any atom is -0.392 e.